The van der Waals surface area contributed by atoms with Gasteiger partial charge in [0.15, 0.2) is 5.82 Å². The zero-order chi connectivity index (χ0) is 18.6. The molecule has 1 aliphatic rings. The highest BCUT2D eigenvalue weighted by Crippen LogP contribution is 2.27. The summed E-state index contributed by atoms with van der Waals surface area (Å²) in [4.78, 5) is 16.0. The first-order valence-corrected chi connectivity index (χ1v) is 9.99. The number of rotatable bonds is 6. The van der Waals surface area contributed by atoms with Crippen molar-refractivity contribution in [2.75, 3.05) is 24.6 Å². The molecule has 1 atom stereocenters. The highest BCUT2D eigenvalue weighted by atomic mass is 32.1. The zero-order valence-electron chi connectivity index (χ0n) is 15.1. The first kappa shape index (κ1) is 17.6. The molecule has 6 nitrogen and oxygen atoms in total. The molecule has 1 aromatic carbocycles. The fourth-order valence-corrected chi connectivity index (χ4v) is 4.01. The molecule has 0 radical (unpaired) electrons. The van der Waals surface area contributed by atoms with Gasteiger partial charge in [0.05, 0.1) is 22.7 Å². The van der Waals surface area contributed by atoms with Crippen LogP contribution in [0.25, 0.3) is 10.6 Å². The third kappa shape index (κ3) is 3.83. The minimum absolute atomic E-state index is 0.0906. The fourth-order valence-electron chi connectivity index (χ4n) is 3.32. The monoisotopic (exact) mass is 382 g/mol. The predicted octanol–water partition coefficient (Wildman–Crippen LogP) is 3.55. The van der Waals surface area contributed by atoms with Crippen LogP contribution in [0.15, 0.2) is 47.8 Å². The normalized spacial score (nSPS) is 16.5. The Bertz CT molecular complexity index is 906. The van der Waals surface area contributed by atoms with E-state index < -0.39 is 0 Å². The number of H-pyrrole nitrogens is 1. The fraction of sp³-hybridized carbons (Fsp3) is 0.300. The van der Waals surface area contributed by atoms with E-state index in [-0.39, 0.29) is 11.9 Å². The van der Waals surface area contributed by atoms with Gasteiger partial charge in [-0.15, -0.1) is 11.3 Å². The van der Waals surface area contributed by atoms with Crippen LogP contribution >= 0.6 is 11.3 Å². The summed E-state index contributed by atoms with van der Waals surface area (Å²) in [5.74, 6) is 1.46. The van der Waals surface area contributed by atoms with Crippen LogP contribution in [0.2, 0.25) is 0 Å². The molecule has 3 heterocycles. The number of thiophene rings is 1. The van der Waals surface area contributed by atoms with Crippen molar-refractivity contribution in [1.82, 2.24) is 15.5 Å². The number of nitrogens with one attached hydrogen (secondary N) is 2. The van der Waals surface area contributed by atoms with E-state index in [2.05, 4.69) is 37.9 Å². The number of nitrogens with zero attached hydrogens (tertiary/aromatic N) is 2. The second-order valence-corrected chi connectivity index (χ2v) is 7.40. The standard InChI is InChI=1S/C20H22N4O2S/c1-2-26-17-7-4-3-6-15(17)20(25)21-14-9-10-24(13-14)19-12-16(22-23-19)18-8-5-11-27-18/h3-8,11-12,14H,2,9-10,13H2,1H3,(H,21,25)(H,22,23)/t14-/m1/s1. The molecule has 2 aromatic heterocycles. The lowest BCUT2D eigenvalue weighted by atomic mass is 10.1. The molecule has 0 aliphatic carbocycles. The smallest absolute Gasteiger partial charge is 0.255 e. The summed E-state index contributed by atoms with van der Waals surface area (Å²) in [6.45, 7) is 4.06. The summed E-state index contributed by atoms with van der Waals surface area (Å²) < 4.78 is 5.57. The number of hydrogen-bond donors (Lipinski definition) is 2. The van der Waals surface area contributed by atoms with Crippen LogP contribution in [-0.4, -0.2) is 41.8 Å². The van der Waals surface area contributed by atoms with Gasteiger partial charge in [-0.2, -0.15) is 5.10 Å². The molecule has 140 valence electrons. The number of carbonyl (C=O) groups excluding carboxylic acids is 1. The summed E-state index contributed by atoms with van der Waals surface area (Å²) in [6, 6.07) is 13.6. The molecule has 1 amide bonds. The number of benzene rings is 1. The average molecular weight is 382 g/mol. The Morgan fingerprint density at radius 1 is 1.37 bits per heavy atom. The molecular formula is C20H22N4O2S. The van der Waals surface area contributed by atoms with Gasteiger partial charge in [-0.3, -0.25) is 9.89 Å². The molecule has 3 aromatic rings. The Labute approximate surface area is 162 Å². The van der Waals surface area contributed by atoms with E-state index in [1.165, 1.54) is 4.88 Å². The van der Waals surface area contributed by atoms with Crippen LogP contribution < -0.4 is 15.0 Å². The Morgan fingerprint density at radius 3 is 3.07 bits per heavy atom. The van der Waals surface area contributed by atoms with Crippen LogP contribution in [0.5, 0.6) is 5.75 Å². The maximum atomic E-state index is 12.7. The first-order valence-electron chi connectivity index (χ1n) is 9.11. The number of anilines is 1. The molecule has 4 rings (SSSR count). The molecule has 0 unspecified atom stereocenters. The molecule has 27 heavy (non-hydrogen) atoms. The molecule has 1 fully saturated rings. The van der Waals surface area contributed by atoms with Crippen LogP contribution in [0, 0.1) is 0 Å². The van der Waals surface area contributed by atoms with Crippen LogP contribution in [0.1, 0.15) is 23.7 Å². The highest BCUT2D eigenvalue weighted by Gasteiger charge is 2.26. The minimum Gasteiger partial charge on any atom is -0.493 e. The van der Waals surface area contributed by atoms with Crippen LogP contribution in [0.4, 0.5) is 5.82 Å². The van der Waals surface area contributed by atoms with Gasteiger partial charge in [0, 0.05) is 25.2 Å². The van der Waals surface area contributed by atoms with Crippen molar-refractivity contribution in [3.8, 4) is 16.3 Å². The molecule has 0 bridgehead atoms. The lowest BCUT2D eigenvalue weighted by molar-refractivity contribution is 0.0936. The predicted molar refractivity (Wildman–Crippen MR) is 108 cm³/mol. The van der Waals surface area contributed by atoms with Gasteiger partial charge in [0.2, 0.25) is 0 Å². The van der Waals surface area contributed by atoms with Gasteiger partial charge in [-0.25, -0.2) is 0 Å². The average Bonchev–Trinajstić information content (AvgIpc) is 3.43. The molecule has 1 saturated heterocycles. The quantitative estimate of drug-likeness (QED) is 0.684. The van der Waals surface area contributed by atoms with E-state index in [4.69, 9.17) is 4.74 Å². The van der Waals surface area contributed by atoms with Gasteiger partial charge in [0.25, 0.3) is 5.91 Å². The van der Waals surface area contributed by atoms with E-state index >= 15 is 0 Å². The Kier molecular flexibility index (Phi) is 5.11. The van der Waals surface area contributed by atoms with Gasteiger partial charge in [-0.1, -0.05) is 18.2 Å². The third-order valence-electron chi connectivity index (χ3n) is 4.63. The number of carbonyl (C=O) groups is 1. The SMILES string of the molecule is CCOc1ccccc1C(=O)N[C@@H]1CCN(c2cc(-c3cccs3)[nH]n2)C1. The van der Waals surface area contributed by atoms with Crippen molar-refractivity contribution < 1.29 is 9.53 Å². The number of para-hydroxylation sites is 1. The van der Waals surface area contributed by atoms with E-state index in [9.17, 15) is 4.79 Å². The molecule has 7 heteroatoms. The summed E-state index contributed by atoms with van der Waals surface area (Å²) in [5, 5.41) is 12.7. The highest BCUT2D eigenvalue weighted by molar-refractivity contribution is 7.13. The first-order chi connectivity index (χ1) is 13.2. The number of aromatic amines is 1. The van der Waals surface area contributed by atoms with Gasteiger partial charge < -0.3 is 15.0 Å². The second-order valence-electron chi connectivity index (χ2n) is 6.45. The topological polar surface area (TPSA) is 70.2 Å². The molecule has 0 spiro atoms. The number of hydrogen-bond acceptors (Lipinski definition) is 5. The van der Waals surface area contributed by atoms with E-state index in [1.54, 1.807) is 17.4 Å². The number of amides is 1. The lowest BCUT2D eigenvalue weighted by Crippen LogP contribution is -2.37. The molecule has 1 aliphatic heterocycles. The zero-order valence-corrected chi connectivity index (χ0v) is 16.0. The number of ether oxygens (including phenoxy) is 1. The molecule has 0 saturated carbocycles. The molecular weight excluding hydrogens is 360 g/mol. The van der Waals surface area contributed by atoms with E-state index in [1.807, 2.05) is 31.2 Å². The minimum atomic E-state index is -0.0906. The summed E-state index contributed by atoms with van der Waals surface area (Å²) in [7, 11) is 0. The summed E-state index contributed by atoms with van der Waals surface area (Å²) in [6.07, 6.45) is 0.893. The second kappa shape index (κ2) is 7.84. The largest absolute Gasteiger partial charge is 0.493 e. The van der Waals surface area contributed by atoms with E-state index in [0.29, 0.717) is 17.9 Å². The van der Waals surface area contributed by atoms with Crippen LogP contribution in [0.3, 0.4) is 0 Å². The molecule has 2 N–H and O–H groups in total. The maximum Gasteiger partial charge on any atom is 0.255 e. The maximum absolute atomic E-state index is 12.7. The van der Waals surface area contributed by atoms with Gasteiger partial charge >= 0.3 is 0 Å². The van der Waals surface area contributed by atoms with Gasteiger partial charge in [-0.05, 0) is 36.9 Å². The Balaban J connectivity index is 1.39. The van der Waals surface area contributed by atoms with Crippen molar-refractivity contribution in [3.63, 3.8) is 0 Å². The lowest BCUT2D eigenvalue weighted by Gasteiger charge is -2.17. The Morgan fingerprint density at radius 2 is 2.26 bits per heavy atom. The summed E-state index contributed by atoms with van der Waals surface area (Å²) >= 11 is 1.69. The Hall–Kier alpha value is -2.80. The third-order valence-corrected chi connectivity index (χ3v) is 5.53. The van der Waals surface area contributed by atoms with Gasteiger partial charge in [0.1, 0.15) is 5.75 Å². The van der Waals surface area contributed by atoms with Crippen LogP contribution in [-0.2, 0) is 0 Å². The van der Waals surface area contributed by atoms with Crippen molar-refractivity contribution in [3.05, 3.63) is 53.4 Å². The van der Waals surface area contributed by atoms with Crippen molar-refractivity contribution in [2.24, 2.45) is 0 Å². The van der Waals surface area contributed by atoms with Crippen molar-refractivity contribution in [1.29, 1.82) is 0 Å². The van der Waals surface area contributed by atoms with E-state index in [0.717, 1.165) is 31.0 Å². The van der Waals surface area contributed by atoms with Crippen molar-refractivity contribution in [2.45, 2.75) is 19.4 Å². The van der Waals surface area contributed by atoms with Crippen molar-refractivity contribution >= 4 is 23.1 Å². The number of aromatic nitrogens is 2. The summed E-state index contributed by atoms with van der Waals surface area (Å²) in [5.41, 5.74) is 1.61.